The quantitative estimate of drug-likeness (QED) is 0.534. The van der Waals surface area contributed by atoms with E-state index in [1.165, 1.54) is 37.0 Å². The van der Waals surface area contributed by atoms with Crippen molar-refractivity contribution in [3.63, 3.8) is 0 Å². The summed E-state index contributed by atoms with van der Waals surface area (Å²) in [5.41, 5.74) is 3.71. The van der Waals surface area contributed by atoms with Gasteiger partial charge in [-0.25, -0.2) is 4.98 Å². The van der Waals surface area contributed by atoms with E-state index in [4.69, 9.17) is 9.72 Å². The number of rotatable bonds is 8. The molecule has 0 bridgehead atoms. The third-order valence-corrected chi connectivity index (χ3v) is 6.70. The summed E-state index contributed by atoms with van der Waals surface area (Å²) in [6.07, 6.45) is 10.8. The first-order valence-corrected chi connectivity index (χ1v) is 11.2. The second-order valence-electron chi connectivity index (χ2n) is 7.72. The van der Waals surface area contributed by atoms with Crippen LogP contribution in [0, 0.1) is 13.8 Å². The van der Waals surface area contributed by atoms with Gasteiger partial charge in [-0.1, -0.05) is 23.4 Å². The Morgan fingerprint density at radius 2 is 2.26 bits per heavy atom. The number of allylic oxidation sites excluding steroid dienone is 1. The molecule has 1 N–H and O–H groups in total. The van der Waals surface area contributed by atoms with Gasteiger partial charge in [0.1, 0.15) is 0 Å². The van der Waals surface area contributed by atoms with Crippen molar-refractivity contribution >= 4 is 17.7 Å². The number of hydrogen-bond acceptors (Lipinski definition) is 4. The fraction of sp³-hybridized carbons (Fsp3) is 0.714. The summed E-state index contributed by atoms with van der Waals surface area (Å²) in [7, 11) is 0. The molecular formula is C21H33N3O2S. The van der Waals surface area contributed by atoms with E-state index in [9.17, 15) is 4.79 Å². The Bertz CT molecular complexity index is 677. The zero-order valence-corrected chi connectivity index (χ0v) is 17.7. The van der Waals surface area contributed by atoms with Gasteiger partial charge in [0.2, 0.25) is 5.91 Å². The summed E-state index contributed by atoms with van der Waals surface area (Å²) < 4.78 is 8.03. The summed E-state index contributed by atoms with van der Waals surface area (Å²) in [6.45, 7) is 8.53. The van der Waals surface area contributed by atoms with Crippen LogP contribution in [0.1, 0.15) is 63.3 Å². The van der Waals surface area contributed by atoms with E-state index in [2.05, 4.69) is 22.9 Å². The first kappa shape index (κ1) is 20.5. The molecule has 1 aromatic heterocycles. The number of nitrogens with one attached hydrogen (secondary N) is 1. The fourth-order valence-electron chi connectivity index (χ4n) is 3.75. The number of hydrogen-bond donors (Lipinski definition) is 1. The Kier molecular flexibility index (Phi) is 7.41. The molecule has 1 aromatic rings. The highest BCUT2D eigenvalue weighted by atomic mass is 32.2. The van der Waals surface area contributed by atoms with E-state index >= 15 is 0 Å². The first-order valence-electron chi connectivity index (χ1n) is 10.3. The normalized spacial score (nSPS) is 21.1. The number of thioether (sulfide) groups is 1. The number of aryl methyl sites for hydroxylation is 1. The van der Waals surface area contributed by atoms with Crippen LogP contribution in [0.15, 0.2) is 16.8 Å². The number of aromatic nitrogens is 2. The smallest absolute Gasteiger partial charge is 0.233 e. The Balaban J connectivity index is 1.53. The van der Waals surface area contributed by atoms with Crippen LogP contribution in [-0.2, 0) is 16.1 Å². The molecule has 6 heteroatoms. The average molecular weight is 392 g/mol. The predicted molar refractivity (Wildman–Crippen MR) is 110 cm³/mol. The van der Waals surface area contributed by atoms with Crippen LogP contribution in [0.4, 0.5) is 0 Å². The minimum atomic E-state index is -0.158. The van der Waals surface area contributed by atoms with Crippen molar-refractivity contribution in [1.29, 1.82) is 0 Å². The summed E-state index contributed by atoms with van der Waals surface area (Å²) >= 11 is 1.55. The molecule has 0 unspecified atom stereocenters. The molecule has 5 nitrogen and oxygen atoms in total. The van der Waals surface area contributed by atoms with E-state index in [1.807, 2.05) is 13.8 Å². The van der Waals surface area contributed by atoms with E-state index in [1.54, 1.807) is 11.8 Å². The molecule has 1 amide bonds. The molecule has 2 atom stereocenters. The minimum Gasteiger partial charge on any atom is -0.376 e. The highest BCUT2D eigenvalue weighted by Gasteiger charge is 2.23. The first-order chi connectivity index (χ1) is 13.0. The lowest BCUT2D eigenvalue weighted by atomic mass is 9.97. The molecular weight excluding hydrogens is 358 g/mol. The van der Waals surface area contributed by atoms with Crippen molar-refractivity contribution in [2.45, 2.75) is 88.8 Å². The topological polar surface area (TPSA) is 56.2 Å². The van der Waals surface area contributed by atoms with Crippen LogP contribution in [0.2, 0.25) is 0 Å². The zero-order chi connectivity index (χ0) is 19.2. The molecule has 0 spiro atoms. The van der Waals surface area contributed by atoms with Crippen molar-refractivity contribution in [1.82, 2.24) is 14.9 Å². The van der Waals surface area contributed by atoms with Gasteiger partial charge < -0.3 is 14.6 Å². The van der Waals surface area contributed by atoms with Crippen LogP contribution in [0.5, 0.6) is 0 Å². The molecule has 0 saturated carbocycles. The van der Waals surface area contributed by atoms with Gasteiger partial charge in [0.05, 0.1) is 23.6 Å². The second-order valence-corrected chi connectivity index (χ2v) is 9.03. The number of ether oxygens (including phenoxy) is 1. The maximum absolute atomic E-state index is 12.5. The molecule has 1 aliphatic carbocycles. The summed E-state index contributed by atoms with van der Waals surface area (Å²) in [4.78, 5) is 17.2. The highest BCUT2D eigenvalue weighted by molar-refractivity contribution is 8.00. The summed E-state index contributed by atoms with van der Waals surface area (Å²) in [5.74, 6) is 0.0957. The Labute approximate surface area is 167 Å². The van der Waals surface area contributed by atoms with Crippen molar-refractivity contribution in [3.8, 4) is 0 Å². The molecule has 1 fully saturated rings. The largest absolute Gasteiger partial charge is 0.376 e. The number of amides is 1. The third kappa shape index (κ3) is 5.61. The molecule has 2 aliphatic rings. The molecule has 0 aromatic carbocycles. The number of nitrogens with zero attached hydrogens (tertiary/aromatic N) is 2. The molecule has 1 aliphatic heterocycles. The number of carbonyl (C=O) groups is 1. The van der Waals surface area contributed by atoms with Crippen molar-refractivity contribution in [2.24, 2.45) is 0 Å². The molecule has 1 saturated heterocycles. The van der Waals surface area contributed by atoms with E-state index in [0.29, 0.717) is 0 Å². The second kappa shape index (κ2) is 9.78. The monoisotopic (exact) mass is 391 g/mol. The maximum Gasteiger partial charge on any atom is 0.233 e. The van der Waals surface area contributed by atoms with Gasteiger partial charge in [-0.05, 0) is 65.7 Å². The molecule has 27 heavy (non-hydrogen) atoms. The summed E-state index contributed by atoms with van der Waals surface area (Å²) in [5, 5.41) is 3.87. The SMILES string of the molecule is Cc1nc(S[C@@H](C)C(=O)NCCC2=CCCCC2)n(C[C@H]2CCCO2)c1C. The number of carbonyl (C=O) groups excluding carboxylic acids is 1. The third-order valence-electron chi connectivity index (χ3n) is 5.61. The van der Waals surface area contributed by atoms with E-state index < -0.39 is 0 Å². The Hall–Kier alpha value is -1.27. The van der Waals surface area contributed by atoms with Gasteiger partial charge in [-0.15, -0.1) is 0 Å². The van der Waals surface area contributed by atoms with Crippen LogP contribution in [-0.4, -0.2) is 40.0 Å². The summed E-state index contributed by atoms with van der Waals surface area (Å²) in [6, 6.07) is 0. The predicted octanol–water partition coefficient (Wildman–Crippen LogP) is 4.17. The zero-order valence-electron chi connectivity index (χ0n) is 16.9. The Morgan fingerprint density at radius 1 is 1.41 bits per heavy atom. The Morgan fingerprint density at radius 3 is 2.96 bits per heavy atom. The van der Waals surface area contributed by atoms with Crippen LogP contribution < -0.4 is 5.32 Å². The van der Waals surface area contributed by atoms with Crippen LogP contribution in [0.3, 0.4) is 0 Å². The number of imidazole rings is 1. The van der Waals surface area contributed by atoms with Gasteiger partial charge in [-0.3, -0.25) is 4.79 Å². The minimum absolute atomic E-state index is 0.0957. The standard InChI is InChI=1S/C21H33N3O2S/c1-15-16(2)24(14-19-10-7-13-26-19)21(23-15)27-17(3)20(25)22-12-11-18-8-5-4-6-9-18/h8,17,19H,4-7,9-14H2,1-3H3,(H,22,25)/t17-,19+/m0/s1. The maximum atomic E-state index is 12.5. The van der Waals surface area contributed by atoms with Gasteiger partial charge in [0, 0.05) is 18.8 Å². The molecule has 0 radical (unpaired) electrons. The van der Waals surface area contributed by atoms with E-state index in [0.717, 1.165) is 49.8 Å². The van der Waals surface area contributed by atoms with Crippen molar-refractivity contribution < 1.29 is 9.53 Å². The molecule has 2 heterocycles. The average Bonchev–Trinajstić information content (AvgIpc) is 3.27. The van der Waals surface area contributed by atoms with Crippen LogP contribution in [0.25, 0.3) is 0 Å². The van der Waals surface area contributed by atoms with Crippen molar-refractivity contribution in [3.05, 3.63) is 23.0 Å². The van der Waals surface area contributed by atoms with Gasteiger partial charge in [-0.2, -0.15) is 0 Å². The van der Waals surface area contributed by atoms with E-state index in [-0.39, 0.29) is 17.3 Å². The lowest BCUT2D eigenvalue weighted by Gasteiger charge is -2.17. The molecule has 150 valence electrons. The lowest BCUT2D eigenvalue weighted by molar-refractivity contribution is -0.120. The van der Waals surface area contributed by atoms with Crippen LogP contribution >= 0.6 is 11.8 Å². The van der Waals surface area contributed by atoms with Gasteiger partial charge in [0.25, 0.3) is 0 Å². The highest BCUT2D eigenvalue weighted by Crippen LogP contribution is 2.27. The lowest BCUT2D eigenvalue weighted by Crippen LogP contribution is -2.32. The van der Waals surface area contributed by atoms with Gasteiger partial charge in [0.15, 0.2) is 5.16 Å². The van der Waals surface area contributed by atoms with Gasteiger partial charge >= 0.3 is 0 Å². The fourth-order valence-corrected chi connectivity index (χ4v) is 4.79. The molecule has 3 rings (SSSR count). The van der Waals surface area contributed by atoms with Crippen molar-refractivity contribution in [2.75, 3.05) is 13.2 Å².